The van der Waals surface area contributed by atoms with E-state index in [-0.39, 0.29) is 0 Å². The molecule has 0 aliphatic heterocycles. The summed E-state index contributed by atoms with van der Waals surface area (Å²) in [5.74, 6) is 0. The average Bonchev–Trinajstić information content (AvgIpc) is 2.45. The quantitative estimate of drug-likeness (QED) is 0.675. The van der Waals surface area contributed by atoms with E-state index >= 15 is 0 Å². The molecule has 0 aliphatic rings. The molecule has 0 bridgehead atoms. The van der Waals surface area contributed by atoms with Crippen LogP contribution in [-0.4, -0.2) is 35.6 Å². The second-order valence-electron chi connectivity index (χ2n) is 5.27. The molecule has 0 spiro atoms. The highest BCUT2D eigenvalue weighted by Crippen LogP contribution is 2.22. The van der Waals surface area contributed by atoms with Crippen molar-refractivity contribution in [1.29, 1.82) is 0 Å². The summed E-state index contributed by atoms with van der Waals surface area (Å²) in [6, 6.07) is 5.98. The van der Waals surface area contributed by atoms with Crippen LogP contribution in [0.1, 0.15) is 39.2 Å². The molecule has 0 saturated heterocycles. The Balaban J connectivity index is 2.55. The van der Waals surface area contributed by atoms with Crippen LogP contribution >= 0.6 is 23.8 Å². The lowest BCUT2D eigenvalue weighted by Crippen LogP contribution is -2.26. The van der Waals surface area contributed by atoms with Crippen LogP contribution in [0.2, 0.25) is 5.02 Å². The molecule has 1 aromatic rings. The molecule has 21 heavy (non-hydrogen) atoms. The number of nitrogens with zero attached hydrogens (tertiary/aromatic N) is 1. The SMILES string of the molecule is CCN(CC)CCCC(C)Nc1ccc(Cl)cc1C(N)=S. The van der Waals surface area contributed by atoms with Crippen molar-refractivity contribution in [3.63, 3.8) is 0 Å². The van der Waals surface area contributed by atoms with E-state index in [0.29, 0.717) is 16.1 Å². The molecule has 3 N–H and O–H groups in total. The average molecular weight is 328 g/mol. The van der Waals surface area contributed by atoms with Crippen LogP contribution in [0.5, 0.6) is 0 Å². The summed E-state index contributed by atoms with van der Waals surface area (Å²) in [4.78, 5) is 2.81. The number of nitrogens with two attached hydrogens (primary N) is 1. The highest BCUT2D eigenvalue weighted by atomic mass is 35.5. The molecule has 1 aromatic carbocycles. The maximum atomic E-state index is 6.00. The minimum absolute atomic E-state index is 0.370. The van der Waals surface area contributed by atoms with Crippen LogP contribution in [0.25, 0.3) is 0 Å². The van der Waals surface area contributed by atoms with Gasteiger partial charge in [-0.25, -0.2) is 0 Å². The molecule has 0 aliphatic carbocycles. The number of rotatable bonds is 9. The molecular weight excluding hydrogens is 302 g/mol. The maximum Gasteiger partial charge on any atom is 0.106 e. The molecule has 1 unspecified atom stereocenters. The fourth-order valence-corrected chi connectivity index (χ4v) is 2.69. The Bertz CT molecular complexity index is 461. The van der Waals surface area contributed by atoms with Crippen molar-refractivity contribution in [1.82, 2.24) is 4.90 Å². The minimum Gasteiger partial charge on any atom is -0.389 e. The molecule has 0 aromatic heterocycles. The van der Waals surface area contributed by atoms with Gasteiger partial charge < -0.3 is 16.0 Å². The highest BCUT2D eigenvalue weighted by Gasteiger charge is 2.09. The smallest absolute Gasteiger partial charge is 0.106 e. The van der Waals surface area contributed by atoms with Crippen LogP contribution in [-0.2, 0) is 0 Å². The van der Waals surface area contributed by atoms with Crippen molar-refractivity contribution in [2.45, 2.75) is 39.7 Å². The van der Waals surface area contributed by atoms with Gasteiger partial charge in [0, 0.05) is 22.3 Å². The van der Waals surface area contributed by atoms with E-state index in [4.69, 9.17) is 29.6 Å². The van der Waals surface area contributed by atoms with Gasteiger partial charge in [-0.05, 0) is 57.6 Å². The van der Waals surface area contributed by atoms with Gasteiger partial charge in [-0.1, -0.05) is 37.7 Å². The molecule has 0 amide bonds. The highest BCUT2D eigenvalue weighted by molar-refractivity contribution is 7.80. The van der Waals surface area contributed by atoms with E-state index in [9.17, 15) is 0 Å². The van der Waals surface area contributed by atoms with E-state index in [1.807, 2.05) is 18.2 Å². The number of halogens is 1. The Morgan fingerprint density at radius 3 is 2.62 bits per heavy atom. The third-order valence-corrected chi connectivity index (χ3v) is 4.11. The van der Waals surface area contributed by atoms with Gasteiger partial charge in [0.15, 0.2) is 0 Å². The molecule has 3 nitrogen and oxygen atoms in total. The maximum absolute atomic E-state index is 6.00. The molecule has 1 rings (SSSR count). The Labute approximate surface area is 138 Å². The first kappa shape index (κ1) is 18.2. The number of hydrogen-bond donors (Lipinski definition) is 2. The Morgan fingerprint density at radius 2 is 2.05 bits per heavy atom. The van der Waals surface area contributed by atoms with E-state index in [1.165, 1.54) is 6.42 Å². The number of thiocarbonyl (C=S) groups is 1. The normalized spacial score (nSPS) is 12.4. The van der Waals surface area contributed by atoms with Gasteiger partial charge in [0.05, 0.1) is 0 Å². The van der Waals surface area contributed by atoms with Gasteiger partial charge in [0.2, 0.25) is 0 Å². The van der Waals surface area contributed by atoms with Gasteiger partial charge in [0.25, 0.3) is 0 Å². The van der Waals surface area contributed by atoms with Crippen molar-refractivity contribution in [3.8, 4) is 0 Å². The van der Waals surface area contributed by atoms with Gasteiger partial charge in [0.1, 0.15) is 4.99 Å². The van der Waals surface area contributed by atoms with Crippen LogP contribution in [0.4, 0.5) is 5.69 Å². The van der Waals surface area contributed by atoms with Crippen LogP contribution in [0.3, 0.4) is 0 Å². The second kappa shape index (κ2) is 9.23. The molecule has 0 saturated carbocycles. The predicted octanol–water partition coefficient (Wildman–Crippen LogP) is 3.90. The van der Waals surface area contributed by atoms with Crippen molar-refractivity contribution in [2.75, 3.05) is 25.0 Å². The number of nitrogens with one attached hydrogen (secondary N) is 1. The topological polar surface area (TPSA) is 41.3 Å². The van der Waals surface area contributed by atoms with E-state index in [0.717, 1.165) is 37.3 Å². The summed E-state index contributed by atoms with van der Waals surface area (Å²) in [7, 11) is 0. The summed E-state index contributed by atoms with van der Waals surface area (Å²) in [6.07, 6.45) is 2.28. The van der Waals surface area contributed by atoms with Crippen LogP contribution in [0, 0.1) is 0 Å². The summed E-state index contributed by atoms with van der Waals surface area (Å²) in [5.41, 5.74) is 7.53. The third-order valence-electron chi connectivity index (χ3n) is 3.65. The monoisotopic (exact) mass is 327 g/mol. The lowest BCUT2D eigenvalue weighted by molar-refractivity contribution is 0.295. The first-order valence-corrected chi connectivity index (χ1v) is 8.34. The first-order chi connectivity index (χ1) is 9.97. The molecular formula is C16H26ClN3S. The number of benzene rings is 1. The zero-order valence-corrected chi connectivity index (χ0v) is 14.7. The summed E-state index contributed by atoms with van der Waals surface area (Å²) < 4.78 is 0. The van der Waals surface area contributed by atoms with Crippen LogP contribution < -0.4 is 11.1 Å². The zero-order chi connectivity index (χ0) is 15.8. The zero-order valence-electron chi connectivity index (χ0n) is 13.2. The molecule has 1 atom stereocenters. The van der Waals surface area contributed by atoms with Gasteiger partial charge in [-0.15, -0.1) is 0 Å². The fourth-order valence-electron chi connectivity index (χ4n) is 2.34. The second-order valence-corrected chi connectivity index (χ2v) is 6.14. The number of anilines is 1. The summed E-state index contributed by atoms with van der Waals surface area (Å²) in [6.45, 7) is 9.95. The third kappa shape index (κ3) is 6.20. The van der Waals surface area contributed by atoms with Gasteiger partial charge >= 0.3 is 0 Å². The number of hydrogen-bond acceptors (Lipinski definition) is 3. The molecule has 0 fully saturated rings. The van der Waals surface area contributed by atoms with Gasteiger partial charge in [-0.3, -0.25) is 0 Å². The van der Waals surface area contributed by atoms with Crippen molar-refractivity contribution in [3.05, 3.63) is 28.8 Å². The summed E-state index contributed by atoms with van der Waals surface area (Å²) in [5, 5.41) is 4.13. The Hall–Kier alpha value is -0.840. The largest absolute Gasteiger partial charge is 0.389 e. The van der Waals surface area contributed by atoms with E-state index in [2.05, 4.69) is 31.0 Å². The first-order valence-electron chi connectivity index (χ1n) is 7.56. The molecule has 5 heteroatoms. The Morgan fingerprint density at radius 1 is 1.38 bits per heavy atom. The van der Waals surface area contributed by atoms with Crippen LogP contribution in [0.15, 0.2) is 18.2 Å². The summed E-state index contributed by atoms with van der Waals surface area (Å²) >= 11 is 11.1. The fraction of sp³-hybridized carbons (Fsp3) is 0.562. The van der Waals surface area contributed by atoms with E-state index < -0.39 is 0 Å². The van der Waals surface area contributed by atoms with Crippen molar-refractivity contribution >= 4 is 34.5 Å². The standard InChI is InChI=1S/C16H26ClN3S/c1-4-20(5-2)10-6-7-12(3)19-15-9-8-13(17)11-14(15)16(18)21/h8-9,11-12,19H,4-7,10H2,1-3H3,(H2,18,21). The van der Waals surface area contributed by atoms with Crippen molar-refractivity contribution < 1.29 is 0 Å². The predicted molar refractivity (Wildman–Crippen MR) is 97.4 cm³/mol. The molecule has 118 valence electrons. The van der Waals surface area contributed by atoms with Crippen molar-refractivity contribution in [2.24, 2.45) is 5.73 Å². The molecule has 0 heterocycles. The molecule has 0 radical (unpaired) electrons. The lowest BCUT2D eigenvalue weighted by Gasteiger charge is -2.21. The lowest BCUT2D eigenvalue weighted by atomic mass is 10.1. The van der Waals surface area contributed by atoms with E-state index in [1.54, 1.807) is 0 Å². The minimum atomic E-state index is 0.370. The Kier molecular flexibility index (Phi) is 8.01. The van der Waals surface area contributed by atoms with Gasteiger partial charge in [-0.2, -0.15) is 0 Å².